The quantitative estimate of drug-likeness (QED) is 0.375. The minimum Gasteiger partial charge on any atom is -0.488 e. The molecule has 1 aliphatic heterocycles. The molecular formula is C25H25N7O2S. The van der Waals surface area contributed by atoms with E-state index in [4.69, 9.17) is 9.47 Å². The van der Waals surface area contributed by atoms with Gasteiger partial charge in [0.25, 0.3) is 0 Å². The number of nitrogens with zero attached hydrogens (tertiary/aromatic N) is 6. The summed E-state index contributed by atoms with van der Waals surface area (Å²) in [6, 6.07) is 10.2. The fourth-order valence-corrected chi connectivity index (χ4v) is 5.27. The third-order valence-electron chi connectivity index (χ3n) is 6.24. The number of benzene rings is 2. The van der Waals surface area contributed by atoms with Crippen molar-refractivity contribution in [1.29, 1.82) is 0 Å². The maximum Gasteiger partial charge on any atom is 0.240 e. The van der Waals surface area contributed by atoms with Gasteiger partial charge in [-0.25, -0.2) is 15.0 Å². The van der Waals surface area contributed by atoms with Crippen LogP contribution in [0.2, 0.25) is 0 Å². The Morgan fingerprint density at radius 3 is 2.83 bits per heavy atom. The molecule has 0 spiro atoms. The van der Waals surface area contributed by atoms with Gasteiger partial charge in [0.1, 0.15) is 24.0 Å². The van der Waals surface area contributed by atoms with Crippen LogP contribution >= 0.6 is 11.3 Å². The lowest BCUT2D eigenvalue weighted by atomic mass is 10.0. The molecule has 3 aromatic heterocycles. The van der Waals surface area contributed by atoms with Gasteiger partial charge in [-0.15, -0.1) is 16.4 Å². The van der Waals surface area contributed by atoms with E-state index in [0.717, 1.165) is 63.2 Å². The zero-order valence-electron chi connectivity index (χ0n) is 19.7. The van der Waals surface area contributed by atoms with Crippen LogP contribution in [0.3, 0.4) is 0 Å². The molecule has 1 fully saturated rings. The molecule has 4 heterocycles. The second-order valence-electron chi connectivity index (χ2n) is 8.77. The van der Waals surface area contributed by atoms with Crippen molar-refractivity contribution in [2.24, 2.45) is 7.05 Å². The van der Waals surface area contributed by atoms with Crippen LogP contribution < -0.4 is 14.8 Å². The van der Waals surface area contributed by atoms with E-state index in [-0.39, 0.29) is 6.10 Å². The third kappa shape index (κ3) is 4.15. The van der Waals surface area contributed by atoms with E-state index in [1.165, 1.54) is 0 Å². The summed E-state index contributed by atoms with van der Waals surface area (Å²) >= 11 is 1.61. The first kappa shape index (κ1) is 21.8. The summed E-state index contributed by atoms with van der Waals surface area (Å²) in [6.07, 6.45) is 4.58. The molecule has 0 bridgehead atoms. The summed E-state index contributed by atoms with van der Waals surface area (Å²) in [7, 11) is 5.62. The number of rotatable bonds is 6. The third-order valence-corrected chi connectivity index (χ3v) is 7.03. The molecule has 1 unspecified atom stereocenters. The van der Waals surface area contributed by atoms with Crippen molar-refractivity contribution in [1.82, 2.24) is 29.6 Å². The van der Waals surface area contributed by atoms with Crippen molar-refractivity contribution < 1.29 is 9.47 Å². The van der Waals surface area contributed by atoms with Crippen molar-refractivity contribution >= 4 is 44.0 Å². The predicted molar refractivity (Wildman–Crippen MR) is 138 cm³/mol. The molecule has 1 saturated heterocycles. The van der Waals surface area contributed by atoms with Crippen LogP contribution in [0.4, 0.5) is 11.5 Å². The summed E-state index contributed by atoms with van der Waals surface area (Å²) in [4.78, 5) is 15.9. The Hall–Kier alpha value is -3.76. The first-order valence-electron chi connectivity index (χ1n) is 11.4. The number of nitrogens with one attached hydrogen (secondary N) is 1. The Morgan fingerprint density at radius 2 is 2.00 bits per heavy atom. The van der Waals surface area contributed by atoms with Gasteiger partial charge in [0.2, 0.25) is 5.88 Å². The predicted octanol–water partition coefficient (Wildman–Crippen LogP) is 4.48. The van der Waals surface area contributed by atoms with E-state index in [2.05, 4.69) is 43.4 Å². The maximum absolute atomic E-state index is 6.60. The van der Waals surface area contributed by atoms with Gasteiger partial charge >= 0.3 is 0 Å². The fourth-order valence-electron chi connectivity index (χ4n) is 4.55. The van der Waals surface area contributed by atoms with E-state index in [1.54, 1.807) is 29.5 Å². The summed E-state index contributed by atoms with van der Waals surface area (Å²) in [5.74, 6) is 2.00. The topological polar surface area (TPSA) is 90.2 Å². The van der Waals surface area contributed by atoms with Crippen LogP contribution in [0, 0.1) is 0 Å². The molecule has 178 valence electrons. The van der Waals surface area contributed by atoms with Crippen LogP contribution in [-0.2, 0) is 7.05 Å². The summed E-state index contributed by atoms with van der Waals surface area (Å²) in [5, 5.41) is 8.75. The van der Waals surface area contributed by atoms with Gasteiger partial charge in [-0.3, -0.25) is 4.68 Å². The first-order valence-corrected chi connectivity index (χ1v) is 12.3. The minimum absolute atomic E-state index is 0.0934. The number of aryl methyl sites for hydroxylation is 1. The largest absolute Gasteiger partial charge is 0.488 e. The first-order chi connectivity index (χ1) is 17.1. The summed E-state index contributed by atoms with van der Waals surface area (Å²) in [5.41, 5.74) is 6.37. The molecule has 5 aromatic rings. The van der Waals surface area contributed by atoms with Crippen molar-refractivity contribution in [2.45, 2.75) is 12.5 Å². The number of methoxy groups -OCH3 is 1. The summed E-state index contributed by atoms with van der Waals surface area (Å²) in [6.45, 7) is 1.88. The number of anilines is 2. The van der Waals surface area contributed by atoms with Crippen LogP contribution in [0.15, 0.2) is 48.4 Å². The van der Waals surface area contributed by atoms with Gasteiger partial charge in [0.15, 0.2) is 0 Å². The average Bonchev–Trinajstić information content (AvgIpc) is 3.58. The maximum atomic E-state index is 6.60. The second kappa shape index (κ2) is 8.79. The van der Waals surface area contributed by atoms with E-state index in [1.807, 2.05) is 43.0 Å². The second-order valence-corrected chi connectivity index (χ2v) is 9.65. The van der Waals surface area contributed by atoms with Gasteiger partial charge in [-0.2, -0.15) is 0 Å². The SMILES string of the molecule is COc1nn(C)cc1-c1cc(OC2CCN(C)C2)c2c(Nc3ccc4ncsc4c3)ncnc2c1. The molecule has 0 radical (unpaired) electrons. The number of fused-ring (bicyclic) bond motifs is 2. The van der Waals surface area contributed by atoms with Gasteiger partial charge < -0.3 is 19.7 Å². The van der Waals surface area contributed by atoms with Crippen molar-refractivity contribution in [2.75, 3.05) is 32.6 Å². The number of likely N-dealkylation sites (N-methyl/N-ethyl adjacent to an activating group) is 1. The van der Waals surface area contributed by atoms with E-state index >= 15 is 0 Å². The lowest BCUT2D eigenvalue weighted by Gasteiger charge is -2.18. The van der Waals surface area contributed by atoms with Crippen molar-refractivity contribution in [3.8, 4) is 22.8 Å². The molecule has 1 aliphatic rings. The fraction of sp³-hybridized carbons (Fsp3) is 0.280. The van der Waals surface area contributed by atoms with E-state index in [9.17, 15) is 0 Å². The van der Waals surface area contributed by atoms with Crippen LogP contribution in [-0.4, -0.2) is 63.0 Å². The normalized spacial score (nSPS) is 16.3. The highest BCUT2D eigenvalue weighted by Crippen LogP contribution is 2.39. The molecular weight excluding hydrogens is 462 g/mol. The molecule has 9 nitrogen and oxygen atoms in total. The lowest BCUT2D eigenvalue weighted by molar-refractivity contribution is 0.211. The van der Waals surface area contributed by atoms with Gasteiger partial charge in [0.05, 0.1) is 39.3 Å². The monoisotopic (exact) mass is 487 g/mol. The van der Waals surface area contributed by atoms with E-state index < -0.39 is 0 Å². The molecule has 0 saturated carbocycles. The van der Waals surface area contributed by atoms with E-state index in [0.29, 0.717) is 11.7 Å². The highest BCUT2D eigenvalue weighted by Gasteiger charge is 2.24. The van der Waals surface area contributed by atoms with Crippen LogP contribution in [0.1, 0.15) is 6.42 Å². The van der Waals surface area contributed by atoms with Gasteiger partial charge in [-0.05, 0) is 49.4 Å². The zero-order chi connectivity index (χ0) is 23.9. The Bertz CT molecular complexity index is 1530. The van der Waals surface area contributed by atoms with Gasteiger partial charge in [0, 0.05) is 32.0 Å². The summed E-state index contributed by atoms with van der Waals surface area (Å²) < 4.78 is 15.0. The van der Waals surface area contributed by atoms with Crippen molar-refractivity contribution in [3.05, 3.63) is 48.4 Å². The smallest absolute Gasteiger partial charge is 0.240 e. The number of aromatic nitrogens is 5. The Labute approximate surface area is 206 Å². The Morgan fingerprint density at radius 1 is 1.09 bits per heavy atom. The number of hydrogen-bond acceptors (Lipinski definition) is 9. The van der Waals surface area contributed by atoms with Crippen molar-refractivity contribution in [3.63, 3.8) is 0 Å². The number of likely N-dealkylation sites (tertiary alicyclic amines) is 1. The Balaban J connectivity index is 1.48. The standard InChI is InChI=1S/C25H25N7O2S/c1-31-7-6-17(11-31)34-21-9-15(18-12-32(2)30-25(18)33-3)8-20-23(21)24(27-13-26-20)29-16-4-5-19-22(10-16)35-14-28-19/h4-5,8-10,12-14,17H,6-7,11H2,1-3H3,(H,26,27,29). The molecule has 2 aromatic carbocycles. The molecule has 10 heteroatoms. The molecule has 6 rings (SSSR count). The van der Waals surface area contributed by atoms with Crippen LogP contribution in [0.5, 0.6) is 11.6 Å². The molecule has 1 N–H and O–H groups in total. The lowest BCUT2D eigenvalue weighted by Crippen LogP contribution is -2.21. The highest BCUT2D eigenvalue weighted by atomic mass is 32.1. The molecule has 0 amide bonds. The average molecular weight is 488 g/mol. The molecule has 1 atom stereocenters. The van der Waals surface area contributed by atoms with Gasteiger partial charge in [-0.1, -0.05) is 0 Å². The number of hydrogen-bond donors (Lipinski definition) is 1. The number of thiazole rings is 1. The highest BCUT2D eigenvalue weighted by molar-refractivity contribution is 7.16. The zero-order valence-corrected chi connectivity index (χ0v) is 20.5. The molecule has 35 heavy (non-hydrogen) atoms. The number of ether oxygens (including phenoxy) is 2. The van der Waals surface area contributed by atoms with Crippen LogP contribution in [0.25, 0.3) is 32.2 Å². The molecule has 0 aliphatic carbocycles. The Kier molecular flexibility index (Phi) is 5.46. The minimum atomic E-state index is 0.0934.